The van der Waals surface area contributed by atoms with Gasteiger partial charge in [0, 0.05) is 37.0 Å². The van der Waals surface area contributed by atoms with Gasteiger partial charge in [0.15, 0.2) is 17.5 Å². The van der Waals surface area contributed by atoms with Crippen molar-refractivity contribution in [1.29, 1.82) is 0 Å². The van der Waals surface area contributed by atoms with E-state index in [1.165, 1.54) is 32.5 Å². The summed E-state index contributed by atoms with van der Waals surface area (Å²) < 4.78 is 24.4. The van der Waals surface area contributed by atoms with E-state index in [0.717, 1.165) is 0 Å². The van der Waals surface area contributed by atoms with E-state index in [4.69, 9.17) is 31.2 Å². The van der Waals surface area contributed by atoms with Crippen LogP contribution in [-0.2, 0) is 33.3 Å². The molecule has 1 heterocycles. The molecule has 0 amide bonds. The smallest absolute Gasteiger partial charge is 0.338 e. The summed E-state index contributed by atoms with van der Waals surface area (Å²) in [4.78, 5) is 53.7. The first kappa shape index (κ1) is 36.2. The van der Waals surface area contributed by atoms with Crippen LogP contribution >= 0.6 is 24.0 Å². The minimum Gasteiger partial charge on any atom is -0.455 e. The Kier molecular flexibility index (Phi) is 10.3. The highest BCUT2D eigenvalue weighted by Crippen LogP contribution is 2.63. The number of rotatable bonds is 9. The van der Waals surface area contributed by atoms with Gasteiger partial charge in [0.2, 0.25) is 0 Å². The Morgan fingerprint density at radius 1 is 1.07 bits per heavy atom. The lowest BCUT2D eigenvalue weighted by Crippen LogP contribution is -2.79. The number of hydrogen-bond donors (Lipinski definition) is 2. The van der Waals surface area contributed by atoms with E-state index < -0.39 is 82.0 Å². The van der Waals surface area contributed by atoms with Crippen molar-refractivity contribution in [1.82, 2.24) is 0 Å². The fourth-order valence-electron chi connectivity index (χ4n) is 7.84. The molecule has 46 heavy (non-hydrogen) atoms. The van der Waals surface area contributed by atoms with Gasteiger partial charge in [-0.15, -0.1) is 11.8 Å². The maximum Gasteiger partial charge on any atom is 0.338 e. The summed E-state index contributed by atoms with van der Waals surface area (Å²) in [5, 5.41) is 24.1. The molecule has 9 unspecified atom stereocenters. The number of carbonyl (C=O) groups is 4. The molecule has 1 aromatic carbocycles. The van der Waals surface area contributed by atoms with E-state index >= 15 is 0 Å². The number of ketones is 1. The second-order valence-electron chi connectivity index (χ2n) is 13.5. The summed E-state index contributed by atoms with van der Waals surface area (Å²) in [6.07, 6.45) is -1.27. The van der Waals surface area contributed by atoms with Crippen LogP contribution in [0, 0.1) is 22.7 Å². The summed E-state index contributed by atoms with van der Waals surface area (Å²) in [6, 6.07) is 8.19. The molecule has 0 spiro atoms. The molecular weight excluding hydrogens is 632 g/mol. The average Bonchev–Trinajstić information content (AvgIpc) is 2.97. The zero-order chi connectivity index (χ0) is 34.4. The number of aliphatic hydroxyl groups is 2. The van der Waals surface area contributed by atoms with Crippen LogP contribution in [0.2, 0.25) is 0 Å². The maximum absolute atomic E-state index is 14.8. The van der Waals surface area contributed by atoms with Crippen molar-refractivity contribution in [2.75, 3.05) is 12.9 Å². The Labute approximate surface area is 279 Å². The molecule has 2 N–H and O–H groups in total. The number of carbonyl (C=O) groups excluding carboxylic acids is 4. The molecule has 252 valence electrons. The third-order valence-corrected chi connectivity index (χ3v) is 11.7. The van der Waals surface area contributed by atoms with E-state index in [1.54, 1.807) is 70.4 Å². The van der Waals surface area contributed by atoms with Crippen LogP contribution in [0.25, 0.3) is 0 Å². The van der Waals surface area contributed by atoms with Crippen molar-refractivity contribution in [2.45, 2.75) is 96.9 Å². The fraction of sp³-hybridized carbons (Fsp3) is 0.618. The summed E-state index contributed by atoms with van der Waals surface area (Å²) in [7, 11) is 0. The van der Waals surface area contributed by atoms with Crippen LogP contribution in [0.5, 0.6) is 0 Å². The van der Waals surface area contributed by atoms with Gasteiger partial charge in [-0.2, -0.15) is 0 Å². The zero-order valence-electron chi connectivity index (χ0n) is 27.5. The maximum atomic E-state index is 14.8. The van der Waals surface area contributed by atoms with Gasteiger partial charge < -0.3 is 29.2 Å². The average molecular weight is 677 g/mol. The first-order valence-electron chi connectivity index (χ1n) is 15.3. The molecule has 10 nitrogen and oxygen atoms in total. The molecule has 1 aromatic rings. The summed E-state index contributed by atoms with van der Waals surface area (Å²) >= 11 is 7.11. The fourth-order valence-corrected chi connectivity index (χ4v) is 8.81. The van der Waals surface area contributed by atoms with Gasteiger partial charge >= 0.3 is 17.9 Å². The third-order valence-electron chi connectivity index (χ3n) is 10.2. The molecule has 1 saturated heterocycles. The van der Waals surface area contributed by atoms with Gasteiger partial charge in [-0.25, -0.2) is 4.79 Å². The summed E-state index contributed by atoms with van der Waals surface area (Å²) in [5.41, 5.74) is -5.52. The molecular formula is C34H44O10S2. The van der Waals surface area contributed by atoms with E-state index in [1.807, 2.05) is 0 Å². The number of aliphatic hydroxyl groups excluding tert-OH is 1. The number of thioether (sulfide) groups is 1. The van der Waals surface area contributed by atoms with Crippen LogP contribution in [0.4, 0.5) is 0 Å². The molecule has 3 aliphatic rings. The van der Waals surface area contributed by atoms with E-state index in [-0.39, 0.29) is 25.0 Å². The number of thiocarbonyl (C=S) groups is 1. The lowest BCUT2D eigenvalue weighted by atomic mass is 9.46. The highest BCUT2D eigenvalue weighted by atomic mass is 32.2. The van der Waals surface area contributed by atoms with Crippen molar-refractivity contribution in [3.63, 3.8) is 0 Å². The molecule has 0 radical (unpaired) electrons. The Bertz CT molecular complexity index is 1430. The monoisotopic (exact) mass is 676 g/mol. The van der Waals surface area contributed by atoms with Gasteiger partial charge in [-0.3, -0.25) is 14.4 Å². The number of fused-ring (bicyclic) bond motifs is 1. The zero-order valence-corrected chi connectivity index (χ0v) is 29.2. The largest absolute Gasteiger partial charge is 0.455 e. The topological polar surface area (TPSA) is 146 Å². The second kappa shape index (κ2) is 13.1. The quantitative estimate of drug-likeness (QED) is 0.167. The predicted molar refractivity (Wildman–Crippen MR) is 175 cm³/mol. The van der Waals surface area contributed by atoms with E-state index in [2.05, 4.69) is 0 Å². The minimum atomic E-state index is -2.01. The molecule has 12 heteroatoms. The molecule has 2 fully saturated rings. The Morgan fingerprint density at radius 2 is 1.70 bits per heavy atom. The van der Waals surface area contributed by atoms with Crippen molar-refractivity contribution in [3.05, 3.63) is 47.5 Å². The predicted octanol–water partition coefficient (Wildman–Crippen LogP) is 4.23. The van der Waals surface area contributed by atoms with Gasteiger partial charge in [0.1, 0.15) is 17.8 Å². The molecule has 9 atom stereocenters. The summed E-state index contributed by atoms with van der Waals surface area (Å²) in [6.45, 7) is 10.6. The number of ether oxygens (including phenoxy) is 4. The van der Waals surface area contributed by atoms with Crippen molar-refractivity contribution < 1.29 is 48.3 Å². The Hall–Kier alpha value is -2.64. The number of benzene rings is 1. The van der Waals surface area contributed by atoms with Crippen LogP contribution < -0.4 is 0 Å². The molecule has 4 rings (SSSR count). The number of Topliss-reactive ketones (excluding diaryl/α,β-unsaturated/α-hetero) is 1. The molecule has 1 aliphatic heterocycles. The van der Waals surface area contributed by atoms with Crippen molar-refractivity contribution in [2.24, 2.45) is 22.7 Å². The first-order valence-corrected chi connectivity index (χ1v) is 17.0. The number of hydrogen-bond acceptors (Lipinski definition) is 12. The van der Waals surface area contributed by atoms with Crippen LogP contribution in [-0.4, -0.2) is 86.6 Å². The van der Waals surface area contributed by atoms with Crippen LogP contribution in [0.3, 0.4) is 0 Å². The minimum absolute atomic E-state index is 0.154. The second-order valence-corrected chi connectivity index (χ2v) is 15.0. The highest BCUT2D eigenvalue weighted by Gasteiger charge is 2.76. The molecule has 0 aromatic heterocycles. The highest BCUT2D eigenvalue weighted by molar-refractivity contribution is 8.22. The standard InChI is InChI=1S/C34H44O10S2/c1-18-15-31(5,6)34(40,16-24(18)37)28(43-29(39)22-12-10-9-11-13-22)26-32(7,27(38)19(2)42-20(3)35)23(30(45)46-8)14-25-33(26,17-41-25)44-21(4)36/h9-13,15,19,23-26,28,37,40H,14,16-17H2,1-8H3. The van der Waals surface area contributed by atoms with E-state index in [9.17, 15) is 29.4 Å². The van der Waals surface area contributed by atoms with Gasteiger partial charge in [0.05, 0.1) is 28.4 Å². The van der Waals surface area contributed by atoms with Crippen LogP contribution in [0.15, 0.2) is 42.0 Å². The first-order chi connectivity index (χ1) is 21.4. The Balaban J connectivity index is 2.08. The SMILES string of the molecule is CSC(=S)C1CC2OCC2(OC(C)=O)C(C(OC(=O)c2ccccc2)C2(O)CC(O)C(C)=CC2(C)C)C1(C)C(=O)C(C)OC(C)=O. The van der Waals surface area contributed by atoms with Crippen LogP contribution in [0.1, 0.15) is 71.7 Å². The van der Waals surface area contributed by atoms with Gasteiger partial charge in [0.25, 0.3) is 0 Å². The lowest BCUT2D eigenvalue weighted by molar-refractivity contribution is -0.334. The Morgan fingerprint density at radius 3 is 2.22 bits per heavy atom. The molecule has 1 saturated carbocycles. The molecule has 2 aliphatic carbocycles. The van der Waals surface area contributed by atoms with Crippen molar-refractivity contribution in [3.8, 4) is 0 Å². The number of esters is 3. The van der Waals surface area contributed by atoms with Crippen molar-refractivity contribution >= 4 is 51.9 Å². The van der Waals surface area contributed by atoms with E-state index in [0.29, 0.717) is 9.77 Å². The molecule has 0 bridgehead atoms. The normalized spacial score (nSPS) is 34.4. The third kappa shape index (κ3) is 6.07. The van der Waals surface area contributed by atoms with Gasteiger partial charge in [-0.05, 0) is 44.2 Å². The summed E-state index contributed by atoms with van der Waals surface area (Å²) in [5.74, 6) is -4.67. The lowest BCUT2D eigenvalue weighted by Gasteiger charge is -2.66. The van der Waals surface area contributed by atoms with Gasteiger partial charge in [-0.1, -0.05) is 57.3 Å².